The lowest BCUT2D eigenvalue weighted by Crippen LogP contribution is -2.15. The summed E-state index contributed by atoms with van der Waals surface area (Å²) < 4.78 is 0. The van der Waals surface area contributed by atoms with Crippen molar-refractivity contribution in [2.75, 3.05) is 5.32 Å². The van der Waals surface area contributed by atoms with Gasteiger partial charge in [0, 0.05) is 23.5 Å². The van der Waals surface area contributed by atoms with Gasteiger partial charge in [0.15, 0.2) is 5.82 Å². The van der Waals surface area contributed by atoms with Crippen LogP contribution in [0.5, 0.6) is 0 Å². The maximum absolute atomic E-state index is 5.68. The second-order valence-electron chi connectivity index (χ2n) is 4.57. The predicted molar refractivity (Wildman–Crippen MR) is 87.7 cm³/mol. The van der Waals surface area contributed by atoms with Crippen LogP contribution < -0.4 is 11.1 Å². The van der Waals surface area contributed by atoms with Gasteiger partial charge in [-0.3, -0.25) is 4.98 Å². The number of nitrogens with two attached hydrogens (primary N) is 1. The van der Waals surface area contributed by atoms with E-state index in [4.69, 9.17) is 18.0 Å². The third kappa shape index (κ3) is 2.66. The van der Waals surface area contributed by atoms with Crippen molar-refractivity contribution in [1.29, 1.82) is 0 Å². The van der Waals surface area contributed by atoms with E-state index in [0.717, 1.165) is 22.3 Å². The average Bonchev–Trinajstić information content (AvgIpc) is 2.48. The molecule has 3 rings (SSSR count). The first kappa shape index (κ1) is 13.4. The molecule has 0 bridgehead atoms. The Morgan fingerprint density at radius 3 is 2.76 bits per heavy atom. The highest BCUT2D eigenvalue weighted by molar-refractivity contribution is 7.80. The number of fused-ring (bicyclic) bond motifs is 1. The molecule has 0 spiro atoms. The number of thiocarbonyl (C=S) groups is 1. The Labute approximate surface area is 127 Å². The standard InChI is InChI=1S/C15H13N5S/c1-9-5-6-10-3-2-4-11(12(10)19-9)20-15-13(14(16)21)17-7-8-18-15/h2-8H,1H3,(H2,16,21)(H,18,20). The summed E-state index contributed by atoms with van der Waals surface area (Å²) in [6.07, 6.45) is 3.15. The molecule has 0 aliphatic carbocycles. The van der Waals surface area contributed by atoms with Gasteiger partial charge < -0.3 is 11.1 Å². The van der Waals surface area contributed by atoms with E-state index >= 15 is 0 Å². The normalized spacial score (nSPS) is 10.5. The molecule has 0 saturated heterocycles. The van der Waals surface area contributed by atoms with Crippen LogP contribution in [0.3, 0.4) is 0 Å². The van der Waals surface area contributed by atoms with Crippen LogP contribution in [0.2, 0.25) is 0 Å². The van der Waals surface area contributed by atoms with E-state index in [1.807, 2.05) is 37.3 Å². The van der Waals surface area contributed by atoms with Gasteiger partial charge in [0.25, 0.3) is 0 Å². The summed E-state index contributed by atoms with van der Waals surface area (Å²) in [6.45, 7) is 1.96. The fourth-order valence-corrected chi connectivity index (χ4v) is 2.23. The molecule has 6 heteroatoms. The fraction of sp³-hybridized carbons (Fsp3) is 0.0667. The van der Waals surface area contributed by atoms with Gasteiger partial charge in [-0.1, -0.05) is 30.4 Å². The number of aromatic nitrogens is 3. The summed E-state index contributed by atoms with van der Waals surface area (Å²) in [6, 6.07) is 9.92. The lowest BCUT2D eigenvalue weighted by Gasteiger charge is -2.11. The molecule has 0 aliphatic rings. The molecule has 0 fully saturated rings. The number of hydrogen-bond acceptors (Lipinski definition) is 5. The highest BCUT2D eigenvalue weighted by atomic mass is 32.1. The average molecular weight is 295 g/mol. The van der Waals surface area contributed by atoms with Crippen LogP contribution in [-0.2, 0) is 0 Å². The third-order valence-corrected chi connectivity index (χ3v) is 3.24. The molecule has 3 N–H and O–H groups in total. The van der Waals surface area contributed by atoms with Crippen LogP contribution >= 0.6 is 12.2 Å². The number of pyridine rings is 1. The lowest BCUT2D eigenvalue weighted by molar-refractivity contribution is 1.18. The second-order valence-corrected chi connectivity index (χ2v) is 5.01. The van der Waals surface area contributed by atoms with Gasteiger partial charge in [0.05, 0.1) is 11.2 Å². The first-order valence-corrected chi connectivity index (χ1v) is 6.80. The van der Waals surface area contributed by atoms with Crippen molar-refractivity contribution >= 4 is 39.6 Å². The summed E-state index contributed by atoms with van der Waals surface area (Å²) in [5.41, 5.74) is 8.81. The van der Waals surface area contributed by atoms with Crippen LogP contribution in [0, 0.1) is 6.92 Å². The Bertz CT molecular complexity index is 831. The molecule has 2 aromatic heterocycles. The van der Waals surface area contributed by atoms with Gasteiger partial charge in [-0.25, -0.2) is 9.97 Å². The van der Waals surface area contributed by atoms with Crippen molar-refractivity contribution in [2.45, 2.75) is 6.92 Å². The maximum Gasteiger partial charge on any atom is 0.159 e. The van der Waals surface area contributed by atoms with Crippen LogP contribution in [0.15, 0.2) is 42.7 Å². The molecular weight excluding hydrogens is 282 g/mol. The van der Waals surface area contributed by atoms with Crippen molar-refractivity contribution < 1.29 is 0 Å². The zero-order valence-corrected chi connectivity index (χ0v) is 12.2. The van der Waals surface area contributed by atoms with Crippen LogP contribution in [0.25, 0.3) is 10.9 Å². The predicted octanol–water partition coefficient (Wildman–Crippen LogP) is 2.71. The van der Waals surface area contributed by atoms with E-state index in [1.54, 1.807) is 12.4 Å². The molecule has 0 amide bonds. The summed E-state index contributed by atoms with van der Waals surface area (Å²) in [5.74, 6) is 0.529. The largest absolute Gasteiger partial charge is 0.388 e. The molecule has 3 aromatic rings. The van der Waals surface area contributed by atoms with Gasteiger partial charge in [-0.2, -0.15) is 0 Å². The number of rotatable bonds is 3. The Morgan fingerprint density at radius 2 is 1.95 bits per heavy atom. The lowest BCUT2D eigenvalue weighted by atomic mass is 10.1. The Morgan fingerprint density at radius 1 is 1.14 bits per heavy atom. The highest BCUT2D eigenvalue weighted by Gasteiger charge is 2.10. The van der Waals surface area contributed by atoms with Gasteiger partial charge >= 0.3 is 0 Å². The summed E-state index contributed by atoms with van der Waals surface area (Å²) in [7, 11) is 0. The molecule has 1 aromatic carbocycles. The topological polar surface area (TPSA) is 76.7 Å². The van der Waals surface area contributed by atoms with Gasteiger partial charge in [-0.05, 0) is 19.1 Å². The first-order valence-electron chi connectivity index (χ1n) is 6.39. The van der Waals surface area contributed by atoms with Crippen molar-refractivity contribution in [1.82, 2.24) is 15.0 Å². The van der Waals surface area contributed by atoms with Crippen LogP contribution in [-0.4, -0.2) is 19.9 Å². The molecule has 0 radical (unpaired) electrons. The second kappa shape index (κ2) is 5.41. The fourth-order valence-electron chi connectivity index (χ4n) is 2.08. The van der Waals surface area contributed by atoms with Crippen LogP contribution in [0.1, 0.15) is 11.4 Å². The van der Waals surface area contributed by atoms with E-state index in [-0.39, 0.29) is 4.99 Å². The zero-order chi connectivity index (χ0) is 14.8. The summed E-state index contributed by atoms with van der Waals surface area (Å²) >= 11 is 5.00. The number of para-hydroxylation sites is 1. The van der Waals surface area contributed by atoms with E-state index in [0.29, 0.717) is 11.5 Å². The molecule has 0 saturated carbocycles. The Kier molecular flexibility index (Phi) is 3.45. The first-order chi connectivity index (χ1) is 10.1. The number of hydrogen-bond donors (Lipinski definition) is 2. The van der Waals surface area contributed by atoms with Crippen molar-refractivity contribution in [2.24, 2.45) is 5.73 Å². The van der Waals surface area contributed by atoms with Crippen molar-refractivity contribution in [3.63, 3.8) is 0 Å². The van der Waals surface area contributed by atoms with E-state index in [1.165, 1.54) is 0 Å². The van der Waals surface area contributed by atoms with Crippen molar-refractivity contribution in [3.05, 3.63) is 54.1 Å². The molecule has 104 valence electrons. The quantitative estimate of drug-likeness (QED) is 0.724. The molecule has 21 heavy (non-hydrogen) atoms. The third-order valence-electron chi connectivity index (χ3n) is 3.04. The number of anilines is 2. The van der Waals surface area contributed by atoms with Gasteiger partial charge in [-0.15, -0.1) is 0 Å². The van der Waals surface area contributed by atoms with E-state index in [9.17, 15) is 0 Å². The minimum atomic E-state index is 0.204. The van der Waals surface area contributed by atoms with Gasteiger partial charge in [0.2, 0.25) is 0 Å². The molecule has 0 unspecified atom stereocenters. The molecule has 0 aliphatic heterocycles. The monoisotopic (exact) mass is 295 g/mol. The van der Waals surface area contributed by atoms with Crippen molar-refractivity contribution in [3.8, 4) is 0 Å². The Hall–Kier alpha value is -2.60. The molecule has 0 atom stereocenters. The molecular formula is C15H13N5S. The summed E-state index contributed by atoms with van der Waals surface area (Å²) in [5, 5.41) is 4.27. The minimum Gasteiger partial charge on any atom is -0.388 e. The maximum atomic E-state index is 5.68. The SMILES string of the molecule is Cc1ccc2cccc(Nc3nccnc3C(N)=S)c2n1. The van der Waals surface area contributed by atoms with Crippen LogP contribution in [0.4, 0.5) is 11.5 Å². The zero-order valence-electron chi connectivity index (χ0n) is 11.4. The Balaban J connectivity index is 2.11. The van der Waals surface area contributed by atoms with E-state index < -0.39 is 0 Å². The smallest absolute Gasteiger partial charge is 0.159 e. The number of nitrogens with one attached hydrogen (secondary N) is 1. The number of benzene rings is 1. The minimum absolute atomic E-state index is 0.204. The van der Waals surface area contributed by atoms with Gasteiger partial charge in [0.1, 0.15) is 10.7 Å². The number of aryl methyl sites for hydroxylation is 1. The highest BCUT2D eigenvalue weighted by Crippen LogP contribution is 2.25. The number of nitrogens with zero attached hydrogens (tertiary/aromatic N) is 3. The van der Waals surface area contributed by atoms with E-state index in [2.05, 4.69) is 20.3 Å². The summed E-state index contributed by atoms with van der Waals surface area (Å²) in [4.78, 5) is 13.2. The molecule has 2 heterocycles. The molecule has 5 nitrogen and oxygen atoms in total.